The summed E-state index contributed by atoms with van der Waals surface area (Å²) < 4.78 is 61.9. The number of aliphatic hydroxyl groups is 3. The van der Waals surface area contributed by atoms with Crippen LogP contribution >= 0.6 is 0 Å². The van der Waals surface area contributed by atoms with Gasteiger partial charge in [0.2, 0.25) is 5.91 Å². The van der Waals surface area contributed by atoms with Crippen molar-refractivity contribution < 1.29 is 61.8 Å². The number of nitrogens with zero attached hydrogens (tertiary/aromatic N) is 2. The van der Waals surface area contributed by atoms with E-state index in [1.807, 2.05) is 36.4 Å². The molecule has 18 heteroatoms. The molecule has 1 saturated heterocycles. The van der Waals surface area contributed by atoms with Gasteiger partial charge in [-0.1, -0.05) is 24.3 Å². The van der Waals surface area contributed by atoms with Crippen LogP contribution in [0, 0.1) is 0 Å². The minimum absolute atomic E-state index is 0.00353. The standard InChI is InChI=1S/C48H60F3N5O10/c49-48(50,51)39-11-5-8-36(28-39)31-53-45(61)38-14-16-52-43(29-38)41-30-40(56-17-2-1-3-18-56)12-13-42(41)54-46(62)37-10-4-7-35(27-37)9-6-19-63-21-23-65-25-26-66-24-22-64-20-15-44(60)55-47(32-57,33-58)34-59/h4-5,7-8,10-14,16,27-30,57-59H,1-3,6,9,15,17-26,31-34H2,(H,53,61)(H,54,62)(H,55,60). The topological polar surface area (TPSA) is 201 Å². The lowest BCUT2D eigenvalue weighted by Crippen LogP contribution is -2.57. The Kier molecular flexibility index (Phi) is 20.8. The molecule has 4 aromatic rings. The number of halogens is 3. The van der Waals surface area contributed by atoms with E-state index in [-0.39, 0.29) is 37.6 Å². The molecule has 2 heterocycles. The number of ether oxygens (including phenoxy) is 4. The van der Waals surface area contributed by atoms with Crippen molar-refractivity contribution >= 4 is 29.1 Å². The number of benzene rings is 3. The molecule has 1 fully saturated rings. The van der Waals surface area contributed by atoms with Crippen LogP contribution in [0.5, 0.6) is 0 Å². The fourth-order valence-electron chi connectivity index (χ4n) is 7.06. The maximum absolute atomic E-state index is 13.7. The molecule has 1 aliphatic rings. The Hall–Kier alpha value is -5.47. The molecule has 15 nitrogen and oxygen atoms in total. The Bertz CT molecular complexity index is 2140. The van der Waals surface area contributed by atoms with Gasteiger partial charge in [-0.05, 0) is 97.8 Å². The van der Waals surface area contributed by atoms with Crippen molar-refractivity contribution in [3.05, 3.63) is 113 Å². The molecule has 0 saturated carbocycles. The molecule has 0 radical (unpaired) electrons. The third kappa shape index (κ3) is 16.4. The van der Waals surface area contributed by atoms with E-state index < -0.39 is 48.9 Å². The first-order chi connectivity index (χ1) is 31.9. The van der Waals surface area contributed by atoms with E-state index in [2.05, 4.69) is 25.8 Å². The summed E-state index contributed by atoms with van der Waals surface area (Å²) in [7, 11) is 0. The van der Waals surface area contributed by atoms with E-state index in [0.717, 1.165) is 62.2 Å². The van der Waals surface area contributed by atoms with Gasteiger partial charge in [0.15, 0.2) is 0 Å². The number of aromatic nitrogens is 1. The Morgan fingerprint density at radius 1 is 0.682 bits per heavy atom. The average molecular weight is 924 g/mol. The van der Waals surface area contributed by atoms with Crippen molar-refractivity contribution in [2.75, 3.05) is 96.0 Å². The van der Waals surface area contributed by atoms with Gasteiger partial charge in [0.1, 0.15) is 5.54 Å². The first-order valence-electron chi connectivity index (χ1n) is 22.1. The second-order valence-corrected chi connectivity index (χ2v) is 15.8. The van der Waals surface area contributed by atoms with Gasteiger partial charge in [-0.15, -0.1) is 0 Å². The highest BCUT2D eigenvalue weighted by Crippen LogP contribution is 2.34. The number of carbonyl (C=O) groups is 3. The maximum atomic E-state index is 13.7. The van der Waals surface area contributed by atoms with E-state index in [0.29, 0.717) is 74.1 Å². The zero-order valence-electron chi connectivity index (χ0n) is 37.0. The van der Waals surface area contributed by atoms with Crippen LogP contribution in [0.2, 0.25) is 0 Å². The predicted octanol–water partition coefficient (Wildman–Crippen LogP) is 5.16. The number of rotatable bonds is 27. The molecule has 358 valence electrons. The third-order valence-corrected chi connectivity index (χ3v) is 10.8. The van der Waals surface area contributed by atoms with Crippen molar-refractivity contribution in [1.82, 2.24) is 15.6 Å². The largest absolute Gasteiger partial charge is 0.416 e. The quantitative estimate of drug-likeness (QED) is 0.0430. The molecular formula is C48H60F3N5O10. The van der Waals surface area contributed by atoms with Crippen LogP contribution < -0.4 is 20.9 Å². The monoisotopic (exact) mass is 923 g/mol. The zero-order valence-corrected chi connectivity index (χ0v) is 37.0. The summed E-state index contributed by atoms with van der Waals surface area (Å²) in [5.41, 5.74) is 2.26. The molecule has 0 spiro atoms. The lowest BCUT2D eigenvalue weighted by Gasteiger charge is -2.29. The summed E-state index contributed by atoms with van der Waals surface area (Å²) >= 11 is 0. The van der Waals surface area contributed by atoms with Gasteiger partial charge in [0.25, 0.3) is 11.8 Å². The van der Waals surface area contributed by atoms with Gasteiger partial charge in [-0.2, -0.15) is 13.2 Å². The van der Waals surface area contributed by atoms with Crippen LogP contribution in [0.3, 0.4) is 0 Å². The molecule has 66 heavy (non-hydrogen) atoms. The molecule has 3 amide bonds. The number of aryl methyl sites for hydroxylation is 1. The summed E-state index contributed by atoms with van der Waals surface area (Å²) in [6.07, 6.45) is 1.66. The van der Waals surface area contributed by atoms with Crippen LogP contribution in [0.15, 0.2) is 85.1 Å². The number of nitrogens with one attached hydrogen (secondary N) is 3. The van der Waals surface area contributed by atoms with Crippen molar-refractivity contribution in [3.63, 3.8) is 0 Å². The van der Waals surface area contributed by atoms with Crippen molar-refractivity contribution in [2.24, 2.45) is 0 Å². The van der Waals surface area contributed by atoms with E-state index >= 15 is 0 Å². The van der Waals surface area contributed by atoms with Crippen molar-refractivity contribution in [1.29, 1.82) is 0 Å². The van der Waals surface area contributed by atoms with Gasteiger partial charge in [0.05, 0.1) is 83.0 Å². The number of piperidine rings is 1. The second kappa shape index (κ2) is 26.6. The molecule has 0 bridgehead atoms. The lowest BCUT2D eigenvalue weighted by atomic mass is 10.0. The fourth-order valence-corrected chi connectivity index (χ4v) is 7.06. The summed E-state index contributed by atoms with van der Waals surface area (Å²) in [5, 5.41) is 36.0. The zero-order chi connectivity index (χ0) is 47.2. The van der Waals surface area contributed by atoms with Gasteiger partial charge >= 0.3 is 6.18 Å². The van der Waals surface area contributed by atoms with E-state index in [9.17, 15) is 42.9 Å². The Morgan fingerprint density at radius 2 is 1.32 bits per heavy atom. The highest BCUT2D eigenvalue weighted by Gasteiger charge is 2.31. The SMILES string of the molecule is O=C(CCOCCOCCOCCOCCCc1cccc(C(=O)Nc2ccc(N3CCCCC3)cc2-c2cc(C(=O)NCc3cccc(C(F)(F)F)c3)ccn2)c1)NC(CO)(CO)CO. The number of carbonyl (C=O) groups excluding carboxylic acids is 3. The molecular weight excluding hydrogens is 864 g/mol. The lowest BCUT2D eigenvalue weighted by molar-refractivity contribution is -0.137. The summed E-state index contributed by atoms with van der Waals surface area (Å²) in [6, 6.07) is 21.1. The summed E-state index contributed by atoms with van der Waals surface area (Å²) in [4.78, 5) is 45.8. The fraction of sp³-hybridized carbons (Fsp3) is 0.458. The van der Waals surface area contributed by atoms with Crippen LogP contribution in [0.1, 0.15) is 69.5 Å². The molecule has 3 aromatic carbocycles. The number of pyridine rings is 1. The maximum Gasteiger partial charge on any atom is 0.416 e. The number of aliphatic hydroxyl groups excluding tert-OH is 3. The third-order valence-electron chi connectivity index (χ3n) is 10.8. The highest BCUT2D eigenvalue weighted by molar-refractivity contribution is 6.06. The number of hydrogen-bond donors (Lipinski definition) is 6. The van der Waals surface area contributed by atoms with Gasteiger partial charge in [-0.3, -0.25) is 19.4 Å². The number of amides is 3. The molecule has 0 atom stereocenters. The number of anilines is 2. The average Bonchev–Trinajstić information content (AvgIpc) is 3.34. The van der Waals surface area contributed by atoms with Crippen LogP contribution in [0.25, 0.3) is 11.3 Å². The van der Waals surface area contributed by atoms with Gasteiger partial charge in [0, 0.05) is 61.2 Å². The van der Waals surface area contributed by atoms with E-state index in [4.69, 9.17) is 18.9 Å². The minimum Gasteiger partial charge on any atom is -0.394 e. The predicted molar refractivity (Wildman–Crippen MR) is 241 cm³/mol. The second-order valence-electron chi connectivity index (χ2n) is 15.8. The normalized spacial score (nSPS) is 13.1. The van der Waals surface area contributed by atoms with E-state index in [1.165, 1.54) is 24.4 Å². The molecule has 0 unspecified atom stereocenters. The summed E-state index contributed by atoms with van der Waals surface area (Å²) in [5.74, 6) is -1.27. The van der Waals surface area contributed by atoms with Crippen molar-refractivity contribution in [3.8, 4) is 11.3 Å². The first kappa shape index (κ1) is 51.5. The van der Waals surface area contributed by atoms with Gasteiger partial charge < -0.3 is 55.1 Å². The van der Waals surface area contributed by atoms with Crippen LogP contribution in [-0.2, 0) is 42.9 Å². The van der Waals surface area contributed by atoms with Crippen molar-refractivity contribution in [2.45, 2.75) is 56.8 Å². The Balaban J connectivity index is 1.05. The van der Waals surface area contributed by atoms with E-state index in [1.54, 1.807) is 12.1 Å². The van der Waals surface area contributed by atoms with Crippen LogP contribution in [0.4, 0.5) is 24.5 Å². The first-order valence-corrected chi connectivity index (χ1v) is 22.1. The van der Waals surface area contributed by atoms with Crippen LogP contribution in [-0.4, -0.2) is 129 Å². The molecule has 0 aliphatic carbocycles. The Labute approximate surface area is 382 Å². The van der Waals surface area contributed by atoms with Gasteiger partial charge in [-0.25, -0.2) is 0 Å². The summed E-state index contributed by atoms with van der Waals surface area (Å²) in [6.45, 7) is 2.58. The molecule has 1 aromatic heterocycles. The highest BCUT2D eigenvalue weighted by atomic mass is 19.4. The molecule has 6 N–H and O–H groups in total. The Morgan fingerprint density at radius 3 is 2.00 bits per heavy atom. The number of hydrogen-bond acceptors (Lipinski definition) is 12. The smallest absolute Gasteiger partial charge is 0.394 e. The number of alkyl halides is 3. The minimum atomic E-state index is -4.50. The molecule has 5 rings (SSSR count). The molecule has 1 aliphatic heterocycles.